The maximum atomic E-state index is 12.5. The minimum atomic E-state index is -0.745. The molecule has 0 radical (unpaired) electrons. The average molecular weight is 332 g/mol. The molecule has 0 aliphatic carbocycles. The van der Waals surface area contributed by atoms with E-state index in [4.69, 9.17) is 11.6 Å². The molecule has 23 heavy (non-hydrogen) atoms. The number of aliphatic hydroxyl groups excluding tert-OH is 1. The number of amides is 1. The Labute approximate surface area is 142 Å². The smallest absolute Gasteiger partial charge is 0.241 e. The predicted octanol–water partition coefficient (Wildman–Crippen LogP) is 3.42. The zero-order chi connectivity index (χ0) is 16.8. The van der Waals surface area contributed by atoms with Crippen LogP contribution in [-0.4, -0.2) is 34.4 Å². The van der Waals surface area contributed by atoms with Crippen molar-refractivity contribution in [3.05, 3.63) is 71.8 Å². The monoisotopic (exact) mass is 331 g/mol. The van der Waals surface area contributed by atoms with E-state index >= 15 is 0 Å². The molecule has 4 heteroatoms. The van der Waals surface area contributed by atoms with Gasteiger partial charge in [-0.2, -0.15) is 0 Å². The molecule has 0 unspecified atom stereocenters. The molecular formula is C19H22ClNO2. The van der Waals surface area contributed by atoms with E-state index in [2.05, 4.69) is 0 Å². The fraction of sp³-hybridized carbons (Fsp3) is 0.316. The summed E-state index contributed by atoms with van der Waals surface area (Å²) in [7, 11) is 1.68. The topological polar surface area (TPSA) is 40.5 Å². The molecule has 0 bridgehead atoms. The molecule has 0 heterocycles. The zero-order valence-electron chi connectivity index (χ0n) is 13.4. The predicted molar refractivity (Wildman–Crippen MR) is 93.4 cm³/mol. The molecule has 0 saturated heterocycles. The van der Waals surface area contributed by atoms with Crippen molar-refractivity contribution in [2.75, 3.05) is 7.05 Å². The van der Waals surface area contributed by atoms with Crippen molar-refractivity contribution in [2.45, 2.75) is 30.9 Å². The number of hydrogen-bond donors (Lipinski definition) is 1. The molecule has 2 aromatic carbocycles. The lowest BCUT2D eigenvalue weighted by Crippen LogP contribution is -2.43. The van der Waals surface area contributed by atoms with E-state index in [0.29, 0.717) is 6.42 Å². The molecule has 2 aromatic rings. The Hall–Kier alpha value is -1.84. The van der Waals surface area contributed by atoms with Gasteiger partial charge in [0.15, 0.2) is 0 Å². The minimum Gasteiger partial charge on any atom is -0.386 e. The van der Waals surface area contributed by atoms with Gasteiger partial charge in [-0.3, -0.25) is 4.79 Å². The van der Waals surface area contributed by atoms with E-state index in [1.807, 2.05) is 67.6 Å². The second kappa shape index (κ2) is 8.14. The third kappa shape index (κ3) is 4.57. The van der Waals surface area contributed by atoms with Crippen LogP contribution in [0.1, 0.15) is 24.2 Å². The van der Waals surface area contributed by atoms with Gasteiger partial charge < -0.3 is 10.0 Å². The highest BCUT2D eigenvalue weighted by atomic mass is 35.5. The Balaban J connectivity index is 2.00. The molecule has 0 spiro atoms. The van der Waals surface area contributed by atoms with Gasteiger partial charge in [-0.1, -0.05) is 60.7 Å². The highest BCUT2D eigenvalue weighted by Gasteiger charge is 2.28. The van der Waals surface area contributed by atoms with Crippen LogP contribution in [0, 0.1) is 0 Å². The summed E-state index contributed by atoms with van der Waals surface area (Å²) >= 11 is 6.28. The third-order valence-corrected chi connectivity index (χ3v) is 4.42. The largest absolute Gasteiger partial charge is 0.386 e. The zero-order valence-corrected chi connectivity index (χ0v) is 14.1. The second-order valence-electron chi connectivity index (χ2n) is 5.70. The van der Waals surface area contributed by atoms with Crippen molar-refractivity contribution in [1.82, 2.24) is 4.90 Å². The van der Waals surface area contributed by atoms with Crippen LogP contribution < -0.4 is 0 Å². The number of aliphatic hydroxyl groups is 1. The molecule has 2 rings (SSSR count). The van der Waals surface area contributed by atoms with Crippen LogP contribution in [0.5, 0.6) is 0 Å². The first-order valence-electron chi connectivity index (χ1n) is 7.68. The molecule has 122 valence electrons. The van der Waals surface area contributed by atoms with Crippen LogP contribution in [0.4, 0.5) is 0 Å². The van der Waals surface area contributed by atoms with Crippen LogP contribution in [-0.2, 0) is 11.2 Å². The number of carbonyl (C=O) groups excluding carboxylic acids is 1. The Bertz CT molecular complexity index is 618. The van der Waals surface area contributed by atoms with Gasteiger partial charge in [0.25, 0.3) is 0 Å². The summed E-state index contributed by atoms with van der Waals surface area (Å²) < 4.78 is 0. The van der Waals surface area contributed by atoms with Gasteiger partial charge in [-0.15, -0.1) is 11.6 Å². The molecule has 3 atom stereocenters. The summed E-state index contributed by atoms with van der Waals surface area (Å²) in [6, 6.07) is 18.6. The number of rotatable bonds is 6. The highest BCUT2D eigenvalue weighted by Crippen LogP contribution is 2.21. The van der Waals surface area contributed by atoms with Gasteiger partial charge in [0.05, 0.1) is 12.1 Å². The number of benzene rings is 2. The van der Waals surface area contributed by atoms with Crippen molar-refractivity contribution in [1.29, 1.82) is 0 Å². The fourth-order valence-electron chi connectivity index (χ4n) is 2.47. The first kappa shape index (κ1) is 17.5. The molecule has 0 aromatic heterocycles. The number of nitrogens with zero attached hydrogens (tertiary/aromatic N) is 1. The normalized spacial score (nSPS) is 14.8. The van der Waals surface area contributed by atoms with E-state index < -0.39 is 11.5 Å². The van der Waals surface area contributed by atoms with Gasteiger partial charge >= 0.3 is 0 Å². The Morgan fingerprint density at radius 2 is 1.61 bits per heavy atom. The Morgan fingerprint density at radius 3 is 2.17 bits per heavy atom. The van der Waals surface area contributed by atoms with Crippen molar-refractivity contribution in [3.63, 3.8) is 0 Å². The molecular weight excluding hydrogens is 310 g/mol. The van der Waals surface area contributed by atoms with E-state index in [0.717, 1.165) is 11.1 Å². The average Bonchev–Trinajstić information content (AvgIpc) is 2.60. The third-order valence-electron chi connectivity index (χ3n) is 4.08. The lowest BCUT2D eigenvalue weighted by Gasteiger charge is -2.30. The van der Waals surface area contributed by atoms with E-state index in [1.165, 1.54) is 4.90 Å². The SMILES string of the molecule is C[C@@H]([C@@H](O)c1ccccc1)N(C)C(=O)[C@H](Cl)Cc1ccccc1. The molecule has 1 amide bonds. The Morgan fingerprint density at radius 1 is 1.09 bits per heavy atom. The van der Waals surface area contributed by atoms with Crippen LogP contribution in [0.3, 0.4) is 0 Å². The standard InChI is InChI=1S/C19H22ClNO2/c1-14(18(22)16-11-7-4-8-12-16)21(2)19(23)17(20)13-15-9-5-3-6-10-15/h3-12,14,17-18,22H,13H2,1-2H3/t14-,17+,18+/m0/s1. The van der Waals surface area contributed by atoms with Crippen LogP contribution in [0.15, 0.2) is 60.7 Å². The molecule has 0 fully saturated rings. The van der Waals surface area contributed by atoms with E-state index in [-0.39, 0.29) is 11.9 Å². The van der Waals surface area contributed by atoms with Crippen molar-refractivity contribution in [3.8, 4) is 0 Å². The summed E-state index contributed by atoms with van der Waals surface area (Å²) in [5, 5.41) is 9.80. The summed E-state index contributed by atoms with van der Waals surface area (Å²) in [5.41, 5.74) is 1.80. The molecule has 3 nitrogen and oxygen atoms in total. The maximum absolute atomic E-state index is 12.5. The lowest BCUT2D eigenvalue weighted by atomic mass is 10.0. The van der Waals surface area contributed by atoms with Crippen LogP contribution >= 0.6 is 11.6 Å². The molecule has 0 aliphatic rings. The van der Waals surface area contributed by atoms with Gasteiger partial charge in [-0.05, 0) is 24.5 Å². The quantitative estimate of drug-likeness (QED) is 0.824. The first-order valence-corrected chi connectivity index (χ1v) is 8.12. The van der Waals surface area contributed by atoms with Gasteiger partial charge in [0, 0.05) is 7.05 Å². The number of carbonyl (C=O) groups is 1. The van der Waals surface area contributed by atoms with Crippen molar-refractivity contribution < 1.29 is 9.90 Å². The van der Waals surface area contributed by atoms with E-state index in [1.54, 1.807) is 7.05 Å². The van der Waals surface area contributed by atoms with Crippen molar-refractivity contribution in [2.24, 2.45) is 0 Å². The number of halogens is 1. The van der Waals surface area contributed by atoms with E-state index in [9.17, 15) is 9.90 Å². The number of likely N-dealkylation sites (N-methyl/N-ethyl adjacent to an activating group) is 1. The molecule has 0 saturated carbocycles. The first-order chi connectivity index (χ1) is 11.0. The maximum Gasteiger partial charge on any atom is 0.241 e. The number of alkyl halides is 1. The number of hydrogen-bond acceptors (Lipinski definition) is 2. The lowest BCUT2D eigenvalue weighted by molar-refractivity contribution is -0.133. The van der Waals surface area contributed by atoms with Gasteiger partial charge in [0.1, 0.15) is 5.38 Å². The second-order valence-corrected chi connectivity index (χ2v) is 6.23. The summed E-state index contributed by atoms with van der Waals surface area (Å²) in [4.78, 5) is 14.0. The summed E-state index contributed by atoms with van der Waals surface area (Å²) in [6.45, 7) is 1.82. The fourth-order valence-corrected chi connectivity index (χ4v) is 2.80. The van der Waals surface area contributed by atoms with Gasteiger partial charge in [-0.25, -0.2) is 0 Å². The van der Waals surface area contributed by atoms with Crippen molar-refractivity contribution >= 4 is 17.5 Å². The summed E-state index contributed by atoms with van der Waals surface area (Å²) in [5.74, 6) is -0.182. The van der Waals surface area contributed by atoms with Crippen LogP contribution in [0.25, 0.3) is 0 Å². The summed E-state index contributed by atoms with van der Waals surface area (Å²) in [6.07, 6.45) is -0.273. The van der Waals surface area contributed by atoms with Gasteiger partial charge in [0.2, 0.25) is 5.91 Å². The molecule has 0 aliphatic heterocycles. The Kier molecular flexibility index (Phi) is 6.20. The highest BCUT2D eigenvalue weighted by molar-refractivity contribution is 6.30. The minimum absolute atomic E-state index is 0.182. The molecule has 1 N–H and O–H groups in total. The van der Waals surface area contributed by atoms with Crippen LogP contribution in [0.2, 0.25) is 0 Å².